The summed E-state index contributed by atoms with van der Waals surface area (Å²) in [5.41, 5.74) is -0.618. The highest BCUT2D eigenvalue weighted by Gasteiger charge is 2.16. The molecule has 0 aliphatic carbocycles. The molecule has 0 fully saturated rings. The lowest BCUT2D eigenvalue weighted by molar-refractivity contribution is 0.0186. The quantitative estimate of drug-likeness (QED) is 0.634. The minimum absolute atomic E-state index is 0.618. The van der Waals surface area contributed by atoms with Gasteiger partial charge < -0.3 is 4.74 Å². The minimum atomic E-state index is -0.618. The molecule has 0 saturated heterocycles. The summed E-state index contributed by atoms with van der Waals surface area (Å²) in [6.45, 7) is 8.64. The van der Waals surface area contributed by atoms with E-state index in [2.05, 4.69) is 19.9 Å². The Morgan fingerprint density at radius 3 is 2.50 bits per heavy atom. The van der Waals surface area contributed by atoms with Gasteiger partial charge in [-0.2, -0.15) is 5.26 Å². The molecule has 1 atom stereocenters. The van der Waals surface area contributed by atoms with E-state index in [0.717, 1.165) is 6.42 Å². The van der Waals surface area contributed by atoms with Crippen LogP contribution in [-0.4, -0.2) is 12.2 Å². The molecule has 0 saturated carbocycles. The molecular weight excluding hydrogens is 150 g/mol. The maximum absolute atomic E-state index is 8.64. The number of rotatable bonds is 5. The summed E-state index contributed by atoms with van der Waals surface area (Å²) in [6.07, 6.45) is 2.22. The Labute approximate surface area is 75.5 Å². The zero-order valence-electron chi connectivity index (χ0n) is 8.55. The normalized spacial score (nSPS) is 13.9. The number of hydrogen-bond donors (Lipinski definition) is 0. The Morgan fingerprint density at radius 1 is 1.50 bits per heavy atom. The Hall–Kier alpha value is -0.550. The Balaban J connectivity index is 3.51. The van der Waals surface area contributed by atoms with Crippen LogP contribution in [0, 0.1) is 17.2 Å². The van der Waals surface area contributed by atoms with Crippen molar-refractivity contribution in [1.29, 1.82) is 5.26 Å². The SMILES string of the molecule is CCC(C)CCOC(C)(C)C#N. The van der Waals surface area contributed by atoms with Crippen molar-refractivity contribution in [3.8, 4) is 6.07 Å². The first-order valence-corrected chi connectivity index (χ1v) is 4.57. The number of nitriles is 1. The van der Waals surface area contributed by atoms with Crippen LogP contribution in [0.2, 0.25) is 0 Å². The van der Waals surface area contributed by atoms with E-state index in [1.807, 2.05) is 0 Å². The van der Waals surface area contributed by atoms with Crippen LogP contribution < -0.4 is 0 Å². The molecule has 0 aromatic heterocycles. The summed E-state index contributed by atoms with van der Waals surface area (Å²) >= 11 is 0. The third-order valence-electron chi connectivity index (χ3n) is 2.04. The Morgan fingerprint density at radius 2 is 2.08 bits per heavy atom. The highest BCUT2D eigenvalue weighted by Crippen LogP contribution is 2.11. The largest absolute Gasteiger partial charge is 0.361 e. The van der Waals surface area contributed by atoms with E-state index in [1.165, 1.54) is 6.42 Å². The van der Waals surface area contributed by atoms with Crippen LogP contribution in [0.25, 0.3) is 0 Å². The Bertz CT molecular complexity index is 158. The third kappa shape index (κ3) is 5.15. The standard InChI is InChI=1S/C10H19NO/c1-5-9(2)6-7-12-10(3,4)8-11/h9H,5-7H2,1-4H3. The lowest BCUT2D eigenvalue weighted by Crippen LogP contribution is -2.22. The summed E-state index contributed by atoms with van der Waals surface area (Å²) in [6, 6.07) is 2.11. The van der Waals surface area contributed by atoms with Crippen LogP contribution in [-0.2, 0) is 4.74 Å². The van der Waals surface area contributed by atoms with Crippen molar-refractivity contribution in [2.45, 2.75) is 46.1 Å². The molecule has 1 unspecified atom stereocenters. The van der Waals surface area contributed by atoms with Gasteiger partial charge in [0.1, 0.15) is 5.60 Å². The van der Waals surface area contributed by atoms with Crippen LogP contribution in [0.5, 0.6) is 0 Å². The summed E-state index contributed by atoms with van der Waals surface area (Å²) in [5.74, 6) is 0.694. The topological polar surface area (TPSA) is 33.0 Å². The average molecular weight is 169 g/mol. The average Bonchev–Trinajstić information content (AvgIpc) is 2.04. The molecule has 70 valence electrons. The fourth-order valence-electron chi connectivity index (χ4n) is 0.752. The van der Waals surface area contributed by atoms with Crippen molar-refractivity contribution in [1.82, 2.24) is 0 Å². The van der Waals surface area contributed by atoms with Crippen molar-refractivity contribution < 1.29 is 4.74 Å². The van der Waals surface area contributed by atoms with Gasteiger partial charge in [0.05, 0.1) is 6.07 Å². The van der Waals surface area contributed by atoms with E-state index in [0.29, 0.717) is 12.5 Å². The first-order chi connectivity index (χ1) is 5.52. The van der Waals surface area contributed by atoms with Crippen molar-refractivity contribution >= 4 is 0 Å². The lowest BCUT2D eigenvalue weighted by Gasteiger charge is -2.17. The van der Waals surface area contributed by atoms with Gasteiger partial charge in [-0.15, -0.1) is 0 Å². The monoisotopic (exact) mass is 169 g/mol. The molecule has 0 rings (SSSR count). The lowest BCUT2D eigenvalue weighted by atomic mass is 10.1. The second-order valence-electron chi connectivity index (χ2n) is 3.77. The number of ether oxygens (including phenoxy) is 1. The van der Waals surface area contributed by atoms with E-state index in [1.54, 1.807) is 13.8 Å². The van der Waals surface area contributed by atoms with E-state index < -0.39 is 5.60 Å². The molecule has 0 amide bonds. The second-order valence-corrected chi connectivity index (χ2v) is 3.77. The van der Waals surface area contributed by atoms with Gasteiger partial charge in [0.2, 0.25) is 0 Å². The third-order valence-corrected chi connectivity index (χ3v) is 2.04. The summed E-state index contributed by atoms with van der Waals surface area (Å²) in [4.78, 5) is 0. The van der Waals surface area contributed by atoms with Gasteiger partial charge in [0, 0.05) is 6.61 Å². The van der Waals surface area contributed by atoms with Gasteiger partial charge >= 0.3 is 0 Å². The van der Waals surface area contributed by atoms with Crippen molar-refractivity contribution in [2.24, 2.45) is 5.92 Å². The first kappa shape index (κ1) is 11.4. The van der Waals surface area contributed by atoms with Crippen molar-refractivity contribution in [2.75, 3.05) is 6.61 Å². The van der Waals surface area contributed by atoms with Gasteiger partial charge in [0.25, 0.3) is 0 Å². The van der Waals surface area contributed by atoms with Gasteiger partial charge in [-0.05, 0) is 26.2 Å². The summed E-state index contributed by atoms with van der Waals surface area (Å²) < 4.78 is 5.39. The van der Waals surface area contributed by atoms with Crippen LogP contribution in [0.4, 0.5) is 0 Å². The smallest absolute Gasteiger partial charge is 0.148 e. The van der Waals surface area contributed by atoms with E-state index in [4.69, 9.17) is 10.00 Å². The van der Waals surface area contributed by atoms with Gasteiger partial charge in [-0.3, -0.25) is 0 Å². The molecule has 0 radical (unpaired) electrons. The van der Waals surface area contributed by atoms with Gasteiger partial charge in [-0.25, -0.2) is 0 Å². The molecule has 0 aromatic rings. The molecule has 0 heterocycles. The maximum Gasteiger partial charge on any atom is 0.148 e. The number of hydrogen-bond acceptors (Lipinski definition) is 2. The summed E-state index contributed by atoms with van der Waals surface area (Å²) in [7, 11) is 0. The zero-order valence-corrected chi connectivity index (χ0v) is 8.55. The number of nitrogens with zero attached hydrogens (tertiary/aromatic N) is 1. The van der Waals surface area contributed by atoms with Crippen molar-refractivity contribution in [3.05, 3.63) is 0 Å². The van der Waals surface area contributed by atoms with Crippen molar-refractivity contribution in [3.63, 3.8) is 0 Å². The second kappa shape index (κ2) is 5.16. The summed E-state index contributed by atoms with van der Waals surface area (Å²) in [5, 5.41) is 8.64. The van der Waals surface area contributed by atoms with E-state index >= 15 is 0 Å². The first-order valence-electron chi connectivity index (χ1n) is 4.57. The van der Waals surface area contributed by atoms with Crippen LogP contribution >= 0.6 is 0 Å². The highest BCUT2D eigenvalue weighted by atomic mass is 16.5. The highest BCUT2D eigenvalue weighted by molar-refractivity contribution is 4.93. The molecule has 2 heteroatoms. The molecule has 0 N–H and O–H groups in total. The van der Waals surface area contributed by atoms with Crippen LogP contribution in [0.3, 0.4) is 0 Å². The van der Waals surface area contributed by atoms with E-state index in [9.17, 15) is 0 Å². The molecule has 0 aliphatic heterocycles. The fourth-order valence-corrected chi connectivity index (χ4v) is 0.752. The molecular formula is C10H19NO. The van der Waals surface area contributed by atoms with E-state index in [-0.39, 0.29) is 0 Å². The van der Waals surface area contributed by atoms with Crippen LogP contribution in [0.15, 0.2) is 0 Å². The maximum atomic E-state index is 8.64. The predicted molar refractivity (Wildman–Crippen MR) is 49.7 cm³/mol. The molecule has 0 bridgehead atoms. The Kier molecular flexibility index (Phi) is 4.92. The predicted octanol–water partition coefficient (Wildman–Crippen LogP) is 2.74. The van der Waals surface area contributed by atoms with Gasteiger partial charge in [-0.1, -0.05) is 20.3 Å². The fraction of sp³-hybridized carbons (Fsp3) is 0.900. The molecule has 0 aromatic carbocycles. The molecule has 0 aliphatic rings. The molecule has 0 spiro atoms. The minimum Gasteiger partial charge on any atom is -0.361 e. The molecule has 12 heavy (non-hydrogen) atoms. The molecule has 2 nitrogen and oxygen atoms in total. The van der Waals surface area contributed by atoms with Crippen LogP contribution in [0.1, 0.15) is 40.5 Å². The van der Waals surface area contributed by atoms with Gasteiger partial charge in [0.15, 0.2) is 0 Å². The zero-order chi connectivity index (χ0) is 9.61.